The molecule has 2 aromatic heterocycles. The zero-order chi connectivity index (χ0) is 38.9. The number of nitrogens with one attached hydrogen (secondary N) is 3. The van der Waals surface area contributed by atoms with E-state index in [9.17, 15) is 53.1 Å². The number of imidazole rings is 2. The van der Waals surface area contributed by atoms with Crippen LogP contribution in [0.25, 0.3) is 0 Å². The third-order valence-electron chi connectivity index (χ3n) is 5.02. The Morgan fingerprint density at radius 1 is 0.860 bits per heavy atom. The van der Waals surface area contributed by atoms with Crippen LogP contribution in [0.15, 0.2) is 48.1 Å². The number of hydrogen-bond donors (Lipinski definition) is 7. The van der Waals surface area contributed by atoms with Gasteiger partial charge in [0.2, 0.25) is 5.91 Å². The van der Waals surface area contributed by atoms with Crippen molar-refractivity contribution in [2.75, 3.05) is 6.54 Å². The van der Waals surface area contributed by atoms with Crippen LogP contribution in [0.1, 0.15) is 35.8 Å². The summed E-state index contributed by atoms with van der Waals surface area (Å²) in [6.07, 6.45) is -7.35. The third kappa shape index (κ3) is 18.5. The summed E-state index contributed by atoms with van der Waals surface area (Å²) in [4.78, 5) is 57.2. The Labute approximate surface area is 271 Å². The molecule has 0 saturated carbocycles. The molecule has 0 aliphatic heterocycles. The summed E-state index contributed by atoms with van der Waals surface area (Å²) >= 11 is 0. The Morgan fingerprint density at radius 2 is 1.38 bits per heavy atom. The smallest absolute Gasteiger partial charge is 0.475 e. The standard InChI is InChI=1S/C19H21F2N7O.3C2HF3O2/c20-15-4-3-12(8-16(15)21)14(18-24-6-7-25-18)9-17(29)28-19(22)26-5-1-2-13-10-23-11-27-13;3*3-2(4,5)1(6)7/h3-4,6-8,10-11,14H,1-2,5,9H2,(H,23,27)(H,24,25)(H3,22,26,28,29);3*(H,6,7). The van der Waals surface area contributed by atoms with Crippen molar-refractivity contribution in [3.8, 4) is 0 Å². The number of nitrogens with two attached hydrogens (primary N) is 1. The summed E-state index contributed by atoms with van der Waals surface area (Å²) < 4.78 is 122. The molecule has 1 atom stereocenters. The first-order valence-electron chi connectivity index (χ1n) is 12.8. The number of carbonyl (C=O) groups is 4. The Kier molecular flexibility index (Phi) is 17.6. The molecule has 1 aromatic carbocycles. The fourth-order valence-corrected chi connectivity index (χ4v) is 2.88. The number of aromatic nitrogens is 4. The van der Waals surface area contributed by atoms with Gasteiger partial charge in [-0.3, -0.25) is 15.1 Å². The second-order valence-electron chi connectivity index (χ2n) is 8.81. The van der Waals surface area contributed by atoms with E-state index in [0.29, 0.717) is 17.9 Å². The van der Waals surface area contributed by atoms with Gasteiger partial charge in [-0.05, 0) is 30.5 Å². The number of H-pyrrole nitrogens is 2. The second kappa shape index (κ2) is 19.9. The van der Waals surface area contributed by atoms with Gasteiger partial charge in [0.1, 0.15) is 5.82 Å². The van der Waals surface area contributed by atoms with Crippen LogP contribution in [0.5, 0.6) is 0 Å². The van der Waals surface area contributed by atoms with Gasteiger partial charge in [-0.1, -0.05) is 6.07 Å². The van der Waals surface area contributed by atoms with Gasteiger partial charge < -0.3 is 31.0 Å². The van der Waals surface area contributed by atoms with Crippen LogP contribution in [0.2, 0.25) is 0 Å². The topological polar surface area (TPSA) is 237 Å². The molecule has 0 fully saturated rings. The van der Waals surface area contributed by atoms with Gasteiger partial charge in [-0.2, -0.15) is 39.5 Å². The zero-order valence-electron chi connectivity index (χ0n) is 24.5. The van der Waals surface area contributed by atoms with Crippen molar-refractivity contribution in [1.82, 2.24) is 25.3 Å². The van der Waals surface area contributed by atoms with Crippen LogP contribution in [0.4, 0.5) is 48.3 Å². The molecular formula is C25H24F11N7O7. The number of benzene rings is 1. The van der Waals surface area contributed by atoms with Gasteiger partial charge in [0.15, 0.2) is 17.6 Å². The normalized spacial score (nSPS) is 12.1. The van der Waals surface area contributed by atoms with Crippen molar-refractivity contribution in [3.05, 3.63) is 71.8 Å². The van der Waals surface area contributed by atoms with Crippen molar-refractivity contribution < 1.29 is 82.8 Å². The summed E-state index contributed by atoms with van der Waals surface area (Å²) in [5.41, 5.74) is 7.19. The van der Waals surface area contributed by atoms with E-state index in [1.807, 2.05) is 0 Å². The lowest BCUT2D eigenvalue weighted by molar-refractivity contribution is -0.193. The summed E-state index contributed by atoms with van der Waals surface area (Å²) in [6.45, 7) is 0.440. The maximum atomic E-state index is 13.7. The zero-order valence-corrected chi connectivity index (χ0v) is 24.5. The van der Waals surface area contributed by atoms with Crippen molar-refractivity contribution in [2.45, 2.75) is 43.7 Å². The lowest BCUT2D eigenvalue weighted by Gasteiger charge is -2.15. The van der Waals surface area contributed by atoms with E-state index < -0.39 is 59.9 Å². The largest absolute Gasteiger partial charge is 0.490 e. The molecule has 0 bridgehead atoms. The van der Waals surface area contributed by atoms with E-state index in [2.05, 4.69) is 30.2 Å². The van der Waals surface area contributed by atoms with Gasteiger partial charge in [0.05, 0.1) is 12.2 Å². The van der Waals surface area contributed by atoms with Crippen LogP contribution in [0.3, 0.4) is 0 Å². The number of nitrogens with zero attached hydrogens (tertiary/aromatic N) is 3. The molecule has 8 N–H and O–H groups in total. The number of aliphatic imine (C=N–C) groups is 1. The van der Waals surface area contributed by atoms with Gasteiger partial charge in [-0.15, -0.1) is 0 Å². The Balaban J connectivity index is 0.000000928. The number of carboxylic acids is 3. The Hall–Kier alpha value is -5.78. The van der Waals surface area contributed by atoms with E-state index in [-0.39, 0.29) is 12.4 Å². The number of hydrogen-bond acceptors (Lipinski definition) is 7. The highest BCUT2D eigenvalue weighted by atomic mass is 19.4. The van der Waals surface area contributed by atoms with Gasteiger partial charge in [0.25, 0.3) is 0 Å². The third-order valence-corrected chi connectivity index (χ3v) is 5.02. The van der Waals surface area contributed by atoms with E-state index in [1.54, 1.807) is 18.7 Å². The number of alkyl halides is 9. The monoisotopic (exact) mass is 743 g/mol. The minimum atomic E-state index is -5.08. The van der Waals surface area contributed by atoms with E-state index >= 15 is 0 Å². The van der Waals surface area contributed by atoms with Crippen molar-refractivity contribution >= 4 is 29.8 Å². The van der Waals surface area contributed by atoms with Crippen molar-refractivity contribution in [1.29, 1.82) is 0 Å². The molecule has 50 heavy (non-hydrogen) atoms. The molecule has 278 valence electrons. The molecule has 2 heterocycles. The van der Waals surface area contributed by atoms with Gasteiger partial charge in [-0.25, -0.2) is 33.1 Å². The molecule has 14 nitrogen and oxygen atoms in total. The summed E-state index contributed by atoms with van der Waals surface area (Å²) in [5.74, 6) is -10.8. The average Bonchev–Trinajstić information content (AvgIpc) is 3.70. The number of rotatable bonds is 8. The summed E-state index contributed by atoms with van der Waals surface area (Å²) in [6, 6.07) is 3.50. The lowest BCUT2D eigenvalue weighted by atomic mass is 9.94. The number of aliphatic carboxylic acids is 3. The molecule has 0 radical (unpaired) electrons. The molecule has 0 aliphatic carbocycles. The van der Waals surface area contributed by atoms with Crippen LogP contribution in [-0.2, 0) is 25.6 Å². The number of halogens is 11. The minimum absolute atomic E-state index is 0.00286. The van der Waals surface area contributed by atoms with E-state index in [1.165, 1.54) is 12.3 Å². The number of aryl methyl sites for hydroxylation is 1. The van der Waals surface area contributed by atoms with Crippen LogP contribution in [-0.4, -0.2) is 90.1 Å². The highest BCUT2D eigenvalue weighted by molar-refractivity contribution is 5.96. The predicted molar refractivity (Wildman–Crippen MR) is 144 cm³/mol. The average molecular weight is 743 g/mol. The number of guanidine groups is 1. The lowest BCUT2D eigenvalue weighted by Crippen LogP contribution is -2.37. The highest BCUT2D eigenvalue weighted by Gasteiger charge is 2.39. The van der Waals surface area contributed by atoms with Gasteiger partial charge >= 0.3 is 36.4 Å². The Bertz CT molecular complexity index is 1490. The fraction of sp³-hybridized carbons (Fsp3) is 0.320. The maximum Gasteiger partial charge on any atom is 0.490 e. The first-order valence-corrected chi connectivity index (χ1v) is 12.8. The molecule has 1 amide bonds. The number of carbonyl (C=O) groups excluding carboxylic acids is 1. The molecule has 0 saturated heterocycles. The van der Waals surface area contributed by atoms with E-state index in [4.69, 9.17) is 35.4 Å². The maximum absolute atomic E-state index is 13.7. The molecule has 0 spiro atoms. The first-order chi connectivity index (χ1) is 22.9. The quantitative estimate of drug-likeness (QED) is 0.0761. The highest BCUT2D eigenvalue weighted by Crippen LogP contribution is 2.26. The van der Waals surface area contributed by atoms with Crippen LogP contribution < -0.4 is 11.1 Å². The van der Waals surface area contributed by atoms with Crippen LogP contribution >= 0.6 is 0 Å². The van der Waals surface area contributed by atoms with Gasteiger partial charge in [0, 0.05) is 37.3 Å². The number of aromatic amines is 2. The summed E-state index contributed by atoms with van der Waals surface area (Å²) in [7, 11) is 0. The predicted octanol–water partition coefficient (Wildman–Crippen LogP) is 3.90. The Morgan fingerprint density at radius 3 is 1.78 bits per heavy atom. The fourth-order valence-electron chi connectivity index (χ4n) is 2.88. The number of amides is 1. The number of carboxylic acid groups (broad SMARTS) is 3. The molecule has 3 aromatic rings. The molecule has 25 heteroatoms. The second-order valence-corrected chi connectivity index (χ2v) is 8.81. The molecular weight excluding hydrogens is 719 g/mol. The molecule has 0 aliphatic rings. The molecule has 1 unspecified atom stereocenters. The summed E-state index contributed by atoms with van der Waals surface area (Å²) in [5, 5.41) is 23.9. The first kappa shape index (κ1) is 44.2. The van der Waals surface area contributed by atoms with Crippen molar-refractivity contribution in [3.63, 3.8) is 0 Å². The minimum Gasteiger partial charge on any atom is -0.475 e. The van der Waals surface area contributed by atoms with Crippen molar-refractivity contribution in [2.24, 2.45) is 10.7 Å². The van der Waals surface area contributed by atoms with E-state index in [0.717, 1.165) is 30.7 Å². The van der Waals surface area contributed by atoms with Crippen LogP contribution in [0, 0.1) is 11.6 Å². The SMILES string of the molecule is NC(=NCCCc1cnc[nH]1)NC(=O)CC(c1ccc(F)c(F)c1)c1ncc[nH]1.O=C(O)C(F)(F)F.O=C(O)C(F)(F)F.O=C(O)C(F)(F)F. The molecule has 3 rings (SSSR count).